The zero-order chi connectivity index (χ0) is 33.5. The maximum atomic E-state index is 6.60. The largest absolute Gasteiger partial charge is 0.456 e. The summed E-state index contributed by atoms with van der Waals surface area (Å²) >= 11 is 1.77. The van der Waals surface area contributed by atoms with Gasteiger partial charge in [0.05, 0.1) is 4.70 Å². The van der Waals surface area contributed by atoms with Crippen molar-refractivity contribution in [3.63, 3.8) is 0 Å². The van der Waals surface area contributed by atoms with Gasteiger partial charge in [-0.05, 0) is 47.0 Å². The van der Waals surface area contributed by atoms with E-state index in [1.54, 1.807) is 11.3 Å². The molecule has 3 aromatic heterocycles. The molecule has 51 heavy (non-hydrogen) atoms. The number of nitrogens with one attached hydrogen (secondary N) is 1. The number of rotatable bonds is 4. The van der Waals surface area contributed by atoms with E-state index in [0.29, 0.717) is 5.84 Å². The predicted octanol–water partition coefficient (Wildman–Crippen LogP) is 12.0. The number of hydrogen-bond acceptors (Lipinski definition) is 6. The monoisotopic (exact) mass is 673 g/mol. The van der Waals surface area contributed by atoms with Gasteiger partial charge in [0.2, 0.25) is 0 Å². The molecule has 0 radical (unpaired) electrons. The summed E-state index contributed by atoms with van der Waals surface area (Å²) in [5.74, 6) is 1.43. The van der Waals surface area contributed by atoms with Crippen LogP contribution in [0.5, 0.6) is 0 Å². The van der Waals surface area contributed by atoms with Crippen LogP contribution in [0.15, 0.2) is 170 Å². The van der Waals surface area contributed by atoms with E-state index in [9.17, 15) is 0 Å². The molecule has 1 unspecified atom stereocenters. The summed E-state index contributed by atoms with van der Waals surface area (Å²) in [6.07, 6.45) is -0.382. The van der Waals surface area contributed by atoms with Crippen molar-refractivity contribution in [2.24, 2.45) is 9.98 Å². The molecule has 1 aliphatic rings. The van der Waals surface area contributed by atoms with Gasteiger partial charge in [0, 0.05) is 48.1 Å². The van der Waals surface area contributed by atoms with Gasteiger partial charge in [0.15, 0.2) is 5.84 Å². The molecule has 0 saturated heterocycles. The predicted molar refractivity (Wildman–Crippen MR) is 211 cm³/mol. The molecule has 0 spiro atoms. The molecular weight excluding hydrogens is 647 g/mol. The van der Waals surface area contributed by atoms with Crippen molar-refractivity contribution in [3.8, 4) is 11.1 Å². The smallest absolute Gasteiger partial charge is 0.160 e. The molecule has 0 aliphatic carbocycles. The third kappa shape index (κ3) is 4.40. The van der Waals surface area contributed by atoms with Crippen LogP contribution in [0.4, 0.5) is 0 Å². The van der Waals surface area contributed by atoms with E-state index < -0.39 is 0 Å². The van der Waals surface area contributed by atoms with E-state index in [2.05, 4.69) is 108 Å². The van der Waals surface area contributed by atoms with Crippen LogP contribution in [-0.2, 0) is 0 Å². The molecule has 5 nitrogen and oxygen atoms in total. The average Bonchev–Trinajstić information content (AvgIpc) is 3.89. The van der Waals surface area contributed by atoms with Gasteiger partial charge >= 0.3 is 0 Å². The summed E-state index contributed by atoms with van der Waals surface area (Å²) in [5, 5.41) is 10.3. The average molecular weight is 674 g/mol. The normalized spacial score (nSPS) is 14.9. The first-order valence-electron chi connectivity index (χ1n) is 17.0. The van der Waals surface area contributed by atoms with E-state index in [1.807, 2.05) is 48.5 Å². The van der Waals surface area contributed by atoms with Gasteiger partial charge in [0.25, 0.3) is 0 Å². The van der Waals surface area contributed by atoms with Gasteiger partial charge in [-0.2, -0.15) is 0 Å². The van der Waals surface area contributed by atoms with Gasteiger partial charge in [-0.15, -0.1) is 11.3 Å². The second kappa shape index (κ2) is 11.0. The first kappa shape index (κ1) is 28.3. The van der Waals surface area contributed by atoms with Crippen LogP contribution >= 0.6 is 11.3 Å². The Morgan fingerprint density at radius 3 is 2.06 bits per heavy atom. The van der Waals surface area contributed by atoms with Crippen molar-refractivity contribution >= 4 is 87.1 Å². The zero-order valence-corrected chi connectivity index (χ0v) is 27.9. The van der Waals surface area contributed by atoms with Crippen molar-refractivity contribution in [2.75, 3.05) is 0 Å². The highest BCUT2D eigenvalue weighted by molar-refractivity contribution is 7.26. The quantitative estimate of drug-likeness (QED) is 0.202. The number of benzene rings is 7. The maximum absolute atomic E-state index is 6.60. The lowest BCUT2D eigenvalue weighted by molar-refractivity contribution is 0.668. The van der Waals surface area contributed by atoms with Crippen molar-refractivity contribution in [3.05, 3.63) is 168 Å². The molecule has 4 heterocycles. The SMILES string of the molecule is c1ccc(-c2ccc(C3N=C(c4cccc5oc6ccccc6c45)N=C(c4cc5c6ccccc6oc5c5c4sc4ccccc45)N3)cc2)cc1. The van der Waals surface area contributed by atoms with E-state index >= 15 is 0 Å². The van der Waals surface area contributed by atoms with Crippen LogP contribution in [0.1, 0.15) is 22.9 Å². The van der Waals surface area contributed by atoms with Crippen molar-refractivity contribution in [1.82, 2.24) is 5.32 Å². The molecule has 0 bridgehead atoms. The second-order valence-corrected chi connectivity index (χ2v) is 14.0. The van der Waals surface area contributed by atoms with E-state index in [4.69, 9.17) is 18.8 Å². The molecule has 0 saturated carbocycles. The summed E-state index contributed by atoms with van der Waals surface area (Å²) in [5.41, 5.74) is 8.77. The lowest BCUT2D eigenvalue weighted by Gasteiger charge is -2.24. The summed E-state index contributed by atoms with van der Waals surface area (Å²) in [6, 6.07) is 52.5. The van der Waals surface area contributed by atoms with Crippen LogP contribution in [0.2, 0.25) is 0 Å². The number of aliphatic imine (C=N–C) groups is 2. The van der Waals surface area contributed by atoms with Crippen LogP contribution in [0.3, 0.4) is 0 Å². The molecule has 6 heteroatoms. The topological polar surface area (TPSA) is 63.0 Å². The summed E-state index contributed by atoms with van der Waals surface area (Å²) in [6.45, 7) is 0. The minimum absolute atomic E-state index is 0.382. The van der Waals surface area contributed by atoms with Gasteiger partial charge in [-0.1, -0.05) is 121 Å². The van der Waals surface area contributed by atoms with E-state index in [0.717, 1.165) is 82.1 Å². The number of thiophene rings is 1. The molecule has 10 aromatic rings. The first-order valence-corrected chi connectivity index (χ1v) is 17.8. The maximum Gasteiger partial charge on any atom is 0.160 e. The van der Waals surface area contributed by atoms with Crippen LogP contribution < -0.4 is 5.32 Å². The summed E-state index contributed by atoms with van der Waals surface area (Å²) < 4.78 is 15.2. The lowest BCUT2D eigenvalue weighted by Crippen LogP contribution is -2.33. The Bertz CT molecular complexity index is 3060. The number of amidine groups is 2. The van der Waals surface area contributed by atoms with Gasteiger partial charge in [0.1, 0.15) is 34.3 Å². The molecule has 1 atom stereocenters. The fraction of sp³-hybridized carbons (Fsp3) is 0.0222. The molecule has 1 aliphatic heterocycles. The Balaban J connectivity index is 1.17. The highest BCUT2D eigenvalue weighted by atomic mass is 32.1. The number of fused-ring (bicyclic) bond motifs is 10. The number of hydrogen-bond donors (Lipinski definition) is 1. The third-order valence-corrected chi connectivity index (χ3v) is 11.2. The standard InChI is InChI=1S/C45H27N3O2S/c1-2-11-26(12-3-1)27-21-23-28(24-22-27)43-46-44(32-16-10-19-37-39(32)30-14-5-8-18-36(30)49-37)48-45(47-43)34-25-33-29-13-4-7-17-35(29)50-41(33)40-31-15-6-9-20-38(31)51-42(34)40/h1-25,43H,(H,46,47,48). The first-order chi connectivity index (χ1) is 25.3. The Kier molecular flexibility index (Phi) is 6.12. The Morgan fingerprint density at radius 2 is 1.22 bits per heavy atom. The fourth-order valence-electron chi connectivity index (χ4n) is 7.57. The number of nitrogens with zero attached hydrogens (tertiary/aromatic N) is 2. The lowest BCUT2D eigenvalue weighted by atomic mass is 10.0. The molecule has 7 aromatic carbocycles. The molecule has 1 N–H and O–H groups in total. The molecule has 0 fully saturated rings. The number of furan rings is 2. The van der Waals surface area contributed by atoms with Gasteiger partial charge < -0.3 is 14.2 Å². The van der Waals surface area contributed by atoms with Crippen LogP contribution in [0, 0.1) is 0 Å². The Hall–Kier alpha value is -6.50. The van der Waals surface area contributed by atoms with Crippen LogP contribution in [-0.4, -0.2) is 11.7 Å². The van der Waals surface area contributed by atoms with Crippen molar-refractivity contribution in [1.29, 1.82) is 0 Å². The van der Waals surface area contributed by atoms with E-state index in [-0.39, 0.29) is 6.17 Å². The fourth-order valence-corrected chi connectivity index (χ4v) is 8.78. The van der Waals surface area contributed by atoms with Gasteiger partial charge in [-0.25, -0.2) is 9.98 Å². The minimum atomic E-state index is -0.382. The van der Waals surface area contributed by atoms with Crippen molar-refractivity contribution in [2.45, 2.75) is 6.17 Å². The zero-order valence-electron chi connectivity index (χ0n) is 27.1. The van der Waals surface area contributed by atoms with Crippen molar-refractivity contribution < 1.29 is 8.83 Å². The highest BCUT2D eigenvalue weighted by Crippen LogP contribution is 2.44. The summed E-state index contributed by atoms with van der Waals surface area (Å²) in [7, 11) is 0. The molecule has 0 amide bonds. The highest BCUT2D eigenvalue weighted by Gasteiger charge is 2.27. The molecular formula is C45H27N3O2S. The Morgan fingerprint density at radius 1 is 0.529 bits per heavy atom. The third-order valence-electron chi connectivity index (χ3n) is 9.96. The van der Waals surface area contributed by atoms with Crippen LogP contribution in [0.25, 0.3) is 75.2 Å². The Labute approximate surface area is 295 Å². The minimum Gasteiger partial charge on any atom is -0.456 e. The van der Waals surface area contributed by atoms with E-state index in [1.165, 1.54) is 15.6 Å². The molecule has 11 rings (SSSR count). The number of para-hydroxylation sites is 2. The molecule has 240 valence electrons. The van der Waals surface area contributed by atoms with Gasteiger partial charge in [-0.3, -0.25) is 0 Å². The summed E-state index contributed by atoms with van der Waals surface area (Å²) in [4.78, 5) is 10.7. The second-order valence-electron chi connectivity index (χ2n) is 12.9.